The van der Waals surface area contributed by atoms with E-state index in [0.717, 1.165) is 88.6 Å². The van der Waals surface area contributed by atoms with E-state index in [1.807, 2.05) is 56.4 Å². The summed E-state index contributed by atoms with van der Waals surface area (Å²) in [5.74, 6) is 0. The van der Waals surface area contributed by atoms with Crippen molar-refractivity contribution in [3.05, 3.63) is 139 Å². The maximum absolute atomic E-state index is 6.40. The van der Waals surface area contributed by atoms with Crippen LogP contribution in [0.5, 0.6) is 0 Å². The molecule has 47 heavy (non-hydrogen) atoms. The lowest BCUT2D eigenvalue weighted by Gasteiger charge is -2.12. The molecule has 0 bridgehead atoms. The molecule has 0 radical (unpaired) electrons. The second-order valence-corrected chi connectivity index (χ2v) is 11.6. The van der Waals surface area contributed by atoms with E-state index in [4.69, 9.17) is 25.7 Å². The first-order valence-electron chi connectivity index (χ1n) is 15.8. The number of hydrogen-bond acceptors (Lipinski definition) is 5. The number of fused-ring (bicyclic) bond motifs is 6. The Balaban J connectivity index is 1.22. The predicted molar refractivity (Wildman–Crippen MR) is 198 cm³/mol. The first-order valence-corrected chi connectivity index (χ1v) is 15.8. The van der Waals surface area contributed by atoms with Gasteiger partial charge in [0.2, 0.25) is 0 Å². The molecule has 224 valence electrons. The summed E-state index contributed by atoms with van der Waals surface area (Å²) in [6.07, 6.45) is 7.99. The summed E-state index contributed by atoms with van der Waals surface area (Å²) in [5.41, 5.74) is 18.4. The largest absolute Gasteiger partial charge is 0.398 e. The summed E-state index contributed by atoms with van der Waals surface area (Å²) in [6.45, 7) is 3.99. The lowest BCUT2D eigenvalue weighted by Crippen LogP contribution is -1.95. The molecule has 0 fully saturated rings. The van der Waals surface area contributed by atoms with E-state index in [1.165, 1.54) is 0 Å². The highest BCUT2D eigenvalue weighted by Crippen LogP contribution is 2.35. The van der Waals surface area contributed by atoms with E-state index in [9.17, 15) is 0 Å². The number of benzene rings is 4. The maximum atomic E-state index is 6.40. The zero-order valence-electron chi connectivity index (χ0n) is 26.1. The number of nitrogens with two attached hydrogens (primary N) is 1. The summed E-state index contributed by atoms with van der Waals surface area (Å²) in [5, 5.41) is 4.07. The number of aromatic nitrogens is 4. The Hall–Kier alpha value is -6.20. The molecule has 0 saturated carbocycles. The Morgan fingerprint density at radius 3 is 1.55 bits per heavy atom. The molecular weight excluding hydrogens is 574 g/mol. The van der Waals surface area contributed by atoms with Gasteiger partial charge in [-0.25, -0.2) is 19.9 Å². The number of hydrogen-bond donors (Lipinski definition) is 1. The van der Waals surface area contributed by atoms with Crippen LogP contribution in [-0.2, 0) is 0 Å². The van der Waals surface area contributed by atoms with Crippen molar-refractivity contribution in [2.75, 3.05) is 5.73 Å². The highest BCUT2D eigenvalue weighted by Gasteiger charge is 2.14. The molecule has 8 aromatic rings. The fraction of sp³-hybridized carbons (Fsp3) is 0.0476. The highest BCUT2D eigenvalue weighted by atomic mass is 14.8. The van der Waals surface area contributed by atoms with Crippen molar-refractivity contribution >= 4 is 61.5 Å². The Morgan fingerprint density at radius 1 is 0.468 bits per heavy atom. The van der Waals surface area contributed by atoms with Gasteiger partial charge in [0.15, 0.2) is 0 Å². The van der Waals surface area contributed by atoms with Crippen LogP contribution in [0, 0.1) is 0 Å². The minimum atomic E-state index is 0.696. The van der Waals surface area contributed by atoms with E-state index in [2.05, 4.69) is 97.1 Å². The lowest BCUT2D eigenvalue weighted by molar-refractivity contribution is 1.34. The number of nitrogen functional groups attached to an aromatic ring is 1. The molecule has 8 rings (SSSR count). The third kappa shape index (κ3) is 5.08. The smallest absolute Gasteiger partial charge is 0.0992 e. The average molecular weight is 606 g/mol. The minimum Gasteiger partial charge on any atom is -0.398 e. The monoisotopic (exact) mass is 605 g/mol. The van der Waals surface area contributed by atoms with Crippen molar-refractivity contribution < 1.29 is 0 Å². The van der Waals surface area contributed by atoms with Crippen LogP contribution >= 0.6 is 0 Å². The van der Waals surface area contributed by atoms with Crippen molar-refractivity contribution in [3.8, 4) is 33.6 Å². The van der Waals surface area contributed by atoms with Gasteiger partial charge in [-0.2, -0.15) is 0 Å². The minimum absolute atomic E-state index is 0.696. The second kappa shape index (κ2) is 11.6. The Kier molecular flexibility index (Phi) is 6.99. The van der Waals surface area contributed by atoms with Crippen LogP contribution in [-0.4, -0.2) is 19.9 Å². The van der Waals surface area contributed by atoms with Gasteiger partial charge < -0.3 is 5.73 Å². The molecule has 4 aromatic heterocycles. The van der Waals surface area contributed by atoms with E-state index < -0.39 is 0 Å². The fourth-order valence-electron chi connectivity index (χ4n) is 6.31. The Bertz CT molecular complexity index is 2530. The van der Waals surface area contributed by atoms with Crippen molar-refractivity contribution in [2.45, 2.75) is 13.8 Å². The van der Waals surface area contributed by atoms with E-state index in [-0.39, 0.29) is 0 Å². The number of pyridine rings is 4. The zero-order chi connectivity index (χ0) is 31.9. The summed E-state index contributed by atoms with van der Waals surface area (Å²) in [6, 6.07) is 39.7. The third-order valence-electron chi connectivity index (χ3n) is 8.59. The molecule has 2 N–H and O–H groups in total. The van der Waals surface area contributed by atoms with E-state index in [0.29, 0.717) is 5.69 Å². The summed E-state index contributed by atoms with van der Waals surface area (Å²) in [4.78, 5) is 20.2. The highest BCUT2D eigenvalue weighted by molar-refractivity contribution is 6.09. The molecule has 5 heteroatoms. The van der Waals surface area contributed by atoms with E-state index >= 15 is 0 Å². The van der Waals surface area contributed by atoms with Crippen LogP contribution in [0.3, 0.4) is 0 Å². The zero-order valence-corrected chi connectivity index (χ0v) is 26.1. The molecule has 4 aromatic carbocycles. The molecule has 4 heterocycles. The van der Waals surface area contributed by atoms with Gasteiger partial charge in [0.05, 0.1) is 44.8 Å². The normalized spacial score (nSPS) is 12.0. The molecule has 0 unspecified atom stereocenters. The molecule has 0 aliphatic carbocycles. The van der Waals surface area contributed by atoms with Gasteiger partial charge >= 0.3 is 0 Å². The van der Waals surface area contributed by atoms with Gasteiger partial charge in [-0.05, 0) is 67.5 Å². The summed E-state index contributed by atoms with van der Waals surface area (Å²) < 4.78 is 0. The number of nitrogens with zero attached hydrogens (tertiary/aromatic N) is 4. The van der Waals surface area contributed by atoms with Crippen molar-refractivity contribution in [3.63, 3.8) is 0 Å². The maximum Gasteiger partial charge on any atom is 0.0992 e. The van der Waals surface area contributed by atoms with Crippen molar-refractivity contribution in [2.24, 2.45) is 0 Å². The topological polar surface area (TPSA) is 77.6 Å². The Labute approximate surface area is 272 Å². The average Bonchev–Trinajstić information content (AvgIpc) is 3.11. The summed E-state index contributed by atoms with van der Waals surface area (Å²) >= 11 is 0. The number of anilines is 1. The molecule has 0 amide bonds. The predicted octanol–water partition coefficient (Wildman–Crippen LogP) is 10.5. The fourth-order valence-corrected chi connectivity index (χ4v) is 6.31. The standard InChI is InChI=1S/C42H31N5/c1-3-8-31-24-35(26-10-6-5-7-11-26)33-20-16-29-18-22-37(46-39(29)41(33)44-31)27-12-14-28(15-13-27)38-23-19-30-17-21-34-36(43)25-32(9-4-2)45-42(34)40(30)47-38/h3-25H,1-2H3,(H2,43,45)/b8-3+,9-4+. The first kappa shape index (κ1) is 28.3. The van der Waals surface area contributed by atoms with Gasteiger partial charge in [0.25, 0.3) is 0 Å². The third-order valence-corrected chi connectivity index (χ3v) is 8.59. The molecule has 0 aliphatic heterocycles. The van der Waals surface area contributed by atoms with E-state index in [1.54, 1.807) is 0 Å². The first-order chi connectivity index (χ1) is 23.1. The number of rotatable bonds is 5. The van der Waals surface area contributed by atoms with Gasteiger partial charge in [0.1, 0.15) is 0 Å². The van der Waals surface area contributed by atoms with Crippen molar-refractivity contribution in [1.29, 1.82) is 0 Å². The van der Waals surface area contributed by atoms with Crippen LogP contribution in [0.25, 0.3) is 89.4 Å². The SMILES string of the molecule is C/C=C/c1cc(N)c2ccc3ccc(-c4ccc(-c5ccc6ccc7c(-c8ccccc8)cc(/C=C/C)nc7c6n5)cc4)nc3c2n1. The van der Waals surface area contributed by atoms with Gasteiger partial charge in [-0.15, -0.1) is 0 Å². The molecule has 0 atom stereocenters. The lowest BCUT2D eigenvalue weighted by atomic mass is 9.98. The van der Waals surface area contributed by atoms with Gasteiger partial charge in [-0.1, -0.05) is 97.1 Å². The van der Waals surface area contributed by atoms with Gasteiger partial charge in [-0.3, -0.25) is 0 Å². The van der Waals surface area contributed by atoms with Crippen LogP contribution in [0.2, 0.25) is 0 Å². The Morgan fingerprint density at radius 2 is 0.979 bits per heavy atom. The number of allylic oxidation sites excluding steroid dienone is 2. The van der Waals surface area contributed by atoms with Crippen LogP contribution in [0.4, 0.5) is 5.69 Å². The molecule has 0 saturated heterocycles. The summed E-state index contributed by atoms with van der Waals surface area (Å²) in [7, 11) is 0. The molecule has 0 aliphatic rings. The van der Waals surface area contributed by atoms with Crippen molar-refractivity contribution in [1.82, 2.24) is 19.9 Å². The van der Waals surface area contributed by atoms with Gasteiger partial charge in [0, 0.05) is 38.4 Å². The van der Waals surface area contributed by atoms with Crippen LogP contribution < -0.4 is 5.73 Å². The quantitative estimate of drug-likeness (QED) is 0.198. The van der Waals surface area contributed by atoms with Crippen LogP contribution in [0.15, 0.2) is 127 Å². The van der Waals surface area contributed by atoms with Crippen LogP contribution in [0.1, 0.15) is 25.2 Å². The molecule has 0 spiro atoms. The molecule has 5 nitrogen and oxygen atoms in total. The molecular formula is C42H31N5. The second-order valence-electron chi connectivity index (χ2n) is 11.6.